The van der Waals surface area contributed by atoms with Crippen molar-refractivity contribution in [2.45, 2.75) is 0 Å². The third kappa shape index (κ3) is 16.3. The maximum Gasteiger partial charge on any atom is 0.130 e. The molecule has 1 aromatic heterocycles. The highest BCUT2D eigenvalue weighted by atomic mass is 16.5. The van der Waals surface area contributed by atoms with Gasteiger partial charge in [0.05, 0.1) is 7.11 Å². The van der Waals surface area contributed by atoms with E-state index in [0.29, 0.717) is 0 Å². The fourth-order valence-corrected chi connectivity index (χ4v) is 12.5. The second kappa shape index (κ2) is 32.0. The van der Waals surface area contributed by atoms with E-state index in [1.54, 1.807) is 13.3 Å². The minimum Gasteiger partial charge on any atom is -0.497 e. The van der Waals surface area contributed by atoms with Gasteiger partial charge in [-0.1, -0.05) is 297 Å². The highest BCUT2D eigenvalue weighted by Gasteiger charge is 2.08. The van der Waals surface area contributed by atoms with E-state index in [1.807, 2.05) is 66.7 Å². The molecule has 0 bridgehead atoms. The summed E-state index contributed by atoms with van der Waals surface area (Å²) in [6.07, 6.45) is 1.79. The van der Waals surface area contributed by atoms with Crippen molar-refractivity contribution < 1.29 is 4.74 Å². The van der Waals surface area contributed by atoms with Crippen LogP contribution in [0.5, 0.6) is 5.75 Å². The second-order valence-electron chi connectivity index (χ2n) is 24.2. The number of aromatic nitrogens is 1. The zero-order chi connectivity index (χ0) is 68.2. The molecule has 486 valence electrons. The normalized spacial score (nSPS) is 10.6. The average Bonchev–Trinajstić information content (AvgIpc) is 0.895. The number of hydrogen-bond acceptors (Lipinski definition) is 7. The van der Waals surface area contributed by atoms with Crippen molar-refractivity contribution in [1.29, 1.82) is 0 Å². The van der Waals surface area contributed by atoms with Crippen LogP contribution in [0.4, 0.5) is 57.0 Å². The number of ether oxygens (including phenoxy) is 1. The number of methoxy groups -OCH3 is 1. The van der Waals surface area contributed by atoms with Crippen molar-refractivity contribution in [2.75, 3.05) is 33.7 Å². The van der Waals surface area contributed by atoms with E-state index in [0.717, 1.165) is 62.8 Å². The third-order valence-corrected chi connectivity index (χ3v) is 17.6. The Kier molecular flexibility index (Phi) is 20.6. The first-order valence-corrected chi connectivity index (χ1v) is 33.9. The maximum absolute atomic E-state index is 5.16. The first-order chi connectivity index (χ1) is 50.0. The van der Waals surface area contributed by atoms with Crippen molar-refractivity contribution >= 4 is 132 Å². The molecule has 0 amide bonds. The lowest BCUT2D eigenvalue weighted by molar-refractivity contribution is 0.415. The number of rotatable bonds is 12. The van der Waals surface area contributed by atoms with Gasteiger partial charge >= 0.3 is 0 Å². The Labute approximate surface area is 589 Å². The fourth-order valence-electron chi connectivity index (χ4n) is 12.5. The van der Waals surface area contributed by atoms with Crippen LogP contribution in [0.2, 0.25) is 0 Å². The Balaban J connectivity index is 0.000000108. The number of anilines is 10. The molecule has 18 rings (SSSR count). The largest absolute Gasteiger partial charge is 0.497 e. The summed E-state index contributed by atoms with van der Waals surface area (Å²) in [5.74, 6) is 1.73. The summed E-state index contributed by atoms with van der Waals surface area (Å²) >= 11 is 0. The van der Waals surface area contributed by atoms with E-state index < -0.39 is 0 Å². The van der Waals surface area contributed by atoms with Gasteiger partial charge in [-0.3, -0.25) is 0 Å². The summed E-state index contributed by atoms with van der Waals surface area (Å²) in [6.45, 7) is 0. The first-order valence-electron chi connectivity index (χ1n) is 33.9. The van der Waals surface area contributed by atoms with Gasteiger partial charge in [0.15, 0.2) is 0 Å². The number of hydrogen-bond donors (Lipinski definition) is 5. The topological polar surface area (TPSA) is 82.3 Å². The van der Waals surface area contributed by atoms with Crippen LogP contribution in [0.3, 0.4) is 0 Å². The van der Waals surface area contributed by atoms with E-state index in [2.05, 4.69) is 359 Å². The molecule has 101 heavy (non-hydrogen) atoms. The van der Waals surface area contributed by atoms with Crippen LogP contribution in [-0.4, -0.2) is 12.1 Å². The summed E-state index contributed by atoms with van der Waals surface area (Å²) in [4.78, 5) is 4.27. The van der Waals surface area contributed by atoms with Crippen molar-refractivity contribution in [3.63, 3.8) is 0 Å². The molecule has 0 fully saturated rings. The Morgan fingerprint density at radius 3 is 0.891 bits per heavy atom. The predicted molar refractivity (Wildman–Crippen MR) is 433 cm³/mol. The van der Waals surface area contributed by atoms with Gasteiger partial charge in [0.25, 0.3) is 0 Å². The zero-order valence-corrected chi connectivity index (χ0v) is 56.0. The SMILES string of the molecule is COc1ccc(Nc2cccc3ccccc23)cc1.c1ccc(-c2ccc(Nc3cccc4ccccc34)cc2)cc1.c1ccc(Nc2cccc3ccccc23)nc1.c1ccc2c(Nc3cccc4ccccc34)cccc2c1.c1ccc2cc(Nc3cccc4ccccc34)ccc2c1. The van der Waals surface area contributed by atoms with Crippen LogP contribution in [0, 0.1) is 0 Å². The molecule has 0 saturated carbocycles. The minimum absolute atomic E-state index is 0.864. The number of benzene rings is 17. The molecule has 0 unspecified atom stereocenters. The van der Waals surface area contributed by atoms with Gasteiger partial charge in [-0.25, -0.2) is 4.98 Å². The Bertz CT molecular complexity index is 5630. The predicted octanol–water partition coefficient (Wildman–Crippen LogP) is 26.3. The Morgan fingerprint density at radius 1 is 0.208 bits per heavy atom. The highest BCUT2D eigenvalue weighted by molar-refractivity contribution is 6.02. The molecule has 18 aromatic rings. The highest BCUT2D eigenvalue weighted by Crippen LogP contribution is 2.34. The summed E-state index contributed by atoms with van der Waals surface area (Å²) in [7, 11) is 1.67. The molecule has 1 heterocycles. The summed E-state index contributed by atoms with van der Waals surface area (Å²) in [5.41, 5.74) is 12.5. The van der Waals surface area contributed by atoms with Gasteiger partial charge < -0.3 is 31.3 Å². The lowest BCUT2D eigenvalue weighted by atomic mass is 10.1. The number of nitrogens with zero attached hydrogens (tertiary/aromatic N) is 1. The quantitative estimate of drug-likeness (QED) is 0.0834. The maximum atomic E-state index is 5.16. The molecule has 0 spiro atoms. The van der Waals surface area contributed by atoms with Crippen molar-refractivity contribution in [3.8, 4) is 16.9 Å². The molecule has 7 nitrogen and oxygen atoms in total. The van der Waals surface area contributed by atoms with Crippen LogP contribution in [0.1, 0.15) is 0 Å². The van der Waals surface area contributed by atoms with Crippen LogP contribution in [0.15, 0.2) is 401 Å². The molecule has 0 aliphatic rings. The Morgan fingerprint density at radius 2 is 0.505 bits per heavy atom. The fraction of sp³-hybridized carbons (Fsp3) is 0.0106. The van der Waals surface area contributed by atoms with E-state index in [1.165, 1.54) is 86.5 Å². The monoisotopic (exact) mass is 1300 g/mol. The number of pyridine rings is 1. The van der Waals surface area contributed by atoms with Crippen molar-refractivity contribution in [1.82, 2.24) is 4.98 Å². The smallest absolute Gasteiger partial charge is 0.130 e. The number of fused-ring (bicyclic) bond motifs is 7. The third-order valence-electron chi connectivity index (χ3n) is 17.6. The standard InChI is InChI=1S/C22H17N.2C20H15N.C17H15NO.C15H12N2/c1-2-7-17(8-3-1)18-13-15-20(16-14-18)23-22-12-6-10-19-9-4-5-11-21(19)22;1-3-11-17-15(7-1)9-5-13-19(17)21-20-14-6-10-16-8-2-4-12-18(16)20;1-2-8-17-14-18(13-12-15(17)6-1)21-20-11-5-9-16-7-3-4-10-19(16)20;1-19-15-11-9-14(10-12-15)18-17-8-4-6-13-5-2-3-7-16(13)17;1-2-8-13-12(6-1)7-5-9-14(13)17-15-10-3-4-11-16-15/h1-16,23H;2*1-14,21H;2-12,18H,1H3;1-11H,(H,16,17). The van der Waals surface area contributed by atoms with Crippen LogP contribution >= 0.6 is 0 Å². The molecule has 0 radical (unpaired) electrons. The van der Waals surface area contributed by atoms with Gasteiger partial charge in [-0.2, -0.15) is 0 Å². The summed E-state index contributed by atoms with van der Waals surface area (Å²) in [6, 6.07) is 136. The lowest BCUT2D eigenvalue weighted by Gasteiger charge is -2.12. The average molecular weight is 1300 g/mol. The van der Waals surface area contributed by atoms with E-state index in [9.17, 15) is 0 Å². The van der Waals surface area contributed by atoms with Crippen LogP contribution in [0.25, 0.3) is 86.5 Å². The molecule has 17 aromatic carbocycles. The van der Waals surface area contributed by atoms with E-state index >= 15 is 0 Å². The van der Waals surface area contributed by atoms with Gasteiger partial charge in [0, 0.05) is 89.7 Å². The number of nitrogens with one attached hydrogen (secondary N) is 5. The van der Waals surface area contributed by atoms with Gasteiger partial charge in [-0.15, -0.1) is 0 Å². The summed E-state index contributed by atoms with van der Waals surface area (Å²) < 4.78 is 5.16. The Hall–Kier alpha value is -13.5. The van der Waals surface area contributed by atoms with E-state index in [4.69, 9.17) is 4.74 Å². The molecule has 7 heteroatoms. The lowest BCUT2D eigenvalue weighted by Crippen LogP contribution is -1.93. The first kappa shape index (κ1) is 64.8. The van der Waals surface area contributed by atoms with Gasteiger partial charge in [0.2, 0.25) is 0 Å². The van der Waals surface area contributed by atoms with Crippen molar-refractivity contribution in [3.05, 3.63) is 401 Å². The summed E-state index contributed by atoms with van der Waals surface area (Å²) in [5, 5.41) is 34.8. The second-order valence-corrected chi connectivity index (χ2v) is 24.2. The minimum atomic E-state index is 0.864. The molecular formula is C94H74N6O. The molecular weight excluding hydrogens is 1230 g/mol. The van der Waals surface area contributed by atoms with Crippen LogP contribution in [-0.2, 0) is 0 Å². The van der Waals surface area contributed by atoms with Crippen LogP contribution < -0.4 is 31.3 Å². The molecule has 0 saturated heterocycles. The van der Waals surface area contributed by atoms with Gasteiger partial charge in [0.1, 0.15) is 11.6 Å². The van der Waals surface area contributed by atoms with Gasteiger partial charge in [-0.05, 0) is 151 Å². The molecule has 0 aliphatic carbocycles. The molecule has 5 N–H and O–H groups in total. The van der Waals surface area contributed by atoms with Crippen molar-refractivity contribution in [2.24, 2.45) is 0 Å². The molecule has 0 atom stereocenters. The molecule has 0 aliphatic heterocycles. The van der Waals surface area contributed by atoms with E-state index in [-0.39, 0.29) is 0 Å². The zero-order valence-electron chi connectivity index (χ0n) is 56.0.